The molecular formula is C35H34FN3O3S. The first-order chi connectivity index (χ1) is 20.8. The van der Waals surface area contributed by atoms with Crippen molar-refractivity contribution in [3.05, 3.63) is 131 Å². The number of hydrogen-bond donors (Lipinski definition) is 3. The summed E-state index contributed by atoms with van der Waals surface area (Å²) in [5.74, 6) is -1.49. The van der Waals surface area contributed by atoms with Crippen LogP contribution in [0.2, 0.25) is 0 Å². The number of aryl methyl sites for hydroxylation is 2. The number of benzene rings is 4. The van der Waals surface area contributed by atoms with E-state index in [4.69, 9.17) is 0 Å². The van der Waals surface area contributed by atoms with E-state index in [1.165, 1.54) is 42.1 Å². The van der Waals surface area contributed by atoms with Crippen LogP contribution in [0.3, 0.4) is 0 Å². The van der Waals surface area contributed by atoms with Crippen LogP contribution in [-0.2, 0) is 16.0 Å². The molecule has 0 heterocycles. The molecular weight excluding hydrogens is 561 g/mol. The smallest absolute Gasteiger partial charge is 0.272 e. The predicted octanol–water partition coefficient (Wildman–Crippen LogP) is 7.62. The van der Waals surface area contributed by atoms with Crippen molar-refractivity contribution in [2.24, 2.45) is 0 Å². The Balaban J connectivity index is 1.51. The Labute approximate surface area is 255 Å². The van der Waals surface area contributed by atoms with Crippen LogP contribution >= 0.6 is 11.8 Å². The van der Waals surface area contributed by atoms with Crippen molar-refractivity contribution in [2.75, 3.05) is 10.6 Å². The number of carbonyl (C=O) groups is 3. The fraction of sp³-hybridized carbons (Fsp3) is 0.171. The van der Waals surface area contributed by atoms with E-state index in [0.29, 0.717) is 23.2 Å². The van der Waals surface area contributed by atoms with Gasteiger partial charge in [0.15, 0.2) is 0 Å². The van der Waals surface area contributed by atoms with Crippen LogP contribution in [0.15, 0.2) is 108 Å². The van der Waals surface area contributed by atoms with Gasteiger partial charge in [0.05, 0.1) is 5.25 Å². The van der Waals surface area contributed by atoms with E-state index in [-0.39, 0.29) is 16.9 Å². The lowest BCUT2D eigenvalue weighted by atomic mass is 10.1. The summed E-state index contributed by atoms with van der Waals surface area (Å²) in [6.07, 6.45) is 2.91. The Morgan fingerprint density at radius 2 is 1.58 bits per heavy atom. The number of nitrogens with one attached hydrogen (secondary N) is 3. The van der Waals surface area contributed by atoms with E-state index < -0.39 is 17.6 Å². The molecule has 3 N–H and O–H groups in total. The molecule has 220 valence electrons. The molecule has 4 rings (SSSR count). The van der Waals surface area contributed by atoms with Crippen molar-refractivity contribution >= 4 is 46.9 Å². The summed E-state index contributed by atoms with van der Waals surface area (Å²) in [5.41, 5.74) is 4.38. The number of hydrogen-bond acceptors (Lipinski definition) is 4. The van der Waals surface area contributed by atoms with Crippen LogP contribution in [-0.4, -0.2) is 23.0 Å². The number of thioether (sulfide) groups is 1. The molecule has 0 aliphatic heterocycles. The zero-order chi connectivity index (χ0) is 30.8. The molecule has 4 aromatic rings. The Kier molecular flexibility index (Phi) is 10.9. The molecule has 0 radical (unpaired) electrons. The van der Waals surface area contributed by atoms with Crippen molar-refractivity contribution in [1.29, 1.82) is 0 Å². The van der Waals surface area contributed by atoms with E-state index in [1.54, 1.807) is 48.5 Å². The lowest BCUT2D eigenvalue weighted by molar-refractivity contribution is -0.116. The largest absolute Gasteiger partial charge is 0.325 e. The molecule has 0 saturated heterocycles. The molecule has 1 unspecified atom stereocenters. The number of anilines is 2. The summed E-state index contributed by atoms with van der Waals surface area (Å²) in [6, 6.07) is 27.3. The summed E-state index contributed by atoms with van der Waals surface area (Å²) >= 11 is 1.41. The second-order valence-corrected chi connectivity index (χ2v) is 11.2. The van der Waals surface area contributed by atoms with Crippen LogP contribution in [0.1, 0.15) is 47.3 Å². The minimum atomic E-state index is -0.549. The number of rotatable bonds is 11. The fourth-order valence-corrected chi connectivity index (χ4v) is 5.42. The van der Waals surface area contributed by atoms with Gasteiger partial charge in [0.2, 0.25) is 5.91 Å². The molecule has 4 aromatic carbocycles. The third-order valence-corrected chi connectivity index (χ3v) is 8.09. The highest BCUT2D eigenvalue weighted by Crippen LogP contribution is 2.30. The average Bonchev–Trinajstić information content (AvgIpc) is 3.02. The van der Waals surface area contributed by atoms with Gasteiger partial charge in [-0.25, -0.2) is 4.39 Å². The molecule has 8 heteroatoms. The maximum absolute atomic E-state index is 13.5. The monoisotopic (exact) mass is 595 g/mol. The average molecular weight is 596 g/mol. The topological polar surface area (TPSA) is 87.3 Å². The summed E-state index contributed by atoms with van der Waals surface area (Å²) in [7, 11) is 0. The standard InChI is InChI=1S/C35H34FN3O3S/c1-4-25-14-9-11-23(3)32(25)39-35(42)31(5-2)43-29-16-10-15-28(22-29)37-34(41)30(21-24-17-19-27(36)20-18-24)38-33(40)26-12-7-6-8-13-26/h6-22,31H,4-5H2,1-3H3,(H,37,41)(H,38,40)(H,39,42)/b30-21+. The minimum Gasteiger partial charge on any atom is -0.325 e. The molecule has 0 spiro atoms. The van der Waals surface area contributed by atoms with Gasteiger partial charge in [-0.15, -0.1) is 11.8 Å². The van der Waals surface area contributed by atoms with Gasteiger partial charge in [-0.2, -0.15) is 0 Å². The van der Waals surface area contributed by atoms with Gasteiger partial charge in [-0.3, -0.25) is 14.4 Å². The molecule has 0 aromatic heterocycles. The number of halogens is 1. The van der Waals surface area contributed by atoms with Crippen molar-refractivity contribution in [3.8, 4) is 0 Å². The van der Waals surface area contributed by atoms with Crippen molar-refractivity contribution in [3.63, 3.8) is 0 Å². The van der Waals surface area contributed by atoms with Crippen molar-refractivity contribution in [1.82, 2.24) is 5.32 Å². The molecule has 0 bridgehead atoms. The summed E-state index contributed by atoms with van der Waals surface area (Å²) < 4.78 is 13.5. The Morgan fingerprint density at radius 1 is 0.860 bits per heavy atom. The molecule has 0 aliphatic rings. The summed E-state index contributed by atoms with van der Waals surface area (Å²) in [4.78, 5) is 40.4. The molecule has 0 saturated carbocycles. The summed E-state index contributed by atoms with van der Waals surface area (Å²) in [5, 5.41) is 8.29. The van der Waals surface area contributed by atoms with Crippen LogP contribution in [0.5, 0.6) is 0 Å². The zero-order valence-electron chi connectivity index (χ0n) is 24.3. The van der Waals surface area contributed by atoms with Gasteiger partial charge >= 0.3 is 0 Å². The SMILES string of the molecule is CCc1cccc(C)c1NC(=O)C(CC)Sc1cccc(NC(=O)/C(=C\c2ccc(F)cc2)NC(=O)c2ccccc2)c1. The highest BCUT2D eigenvalue weighted by molar-refractivity contribution is 8.00. The van der Waals surface area contributed by atoms with Crippen LogP contribution in [0.25, 0.3) is 6.08 Å². The predicted molar refractivity (Wildman–Crippen MR) is 172 cm³/mol. The molecule has 0 aliphatic carbocycles. The van der Waals surface area contributed by atoms with Gasteiger partial charge in [-0.05, 0) is 85.0 Å². The Bertz CT molecular complexity index is 1620. The van der Waals surface area contributed by atoms with E-state index in [1.807, 2.05) is 38.1 Å². The number of carbonyl (C=O) groups excluding carboxylic acids is 3. The van der Waals surface area contributed by atoms with E-state index in [9.17, 15) is 18.8 Å². The quantitative estimate of drug-likeness (QED) is 0.123. The van der Waals surface area contributed by atoms with Gasteiger partial charge in [-0.1, -0.05) is 68.4 Å². The summed E-state index contributed by atoms with van der Waals surface area (Å²) in [6.45, 7) is 6.00. The van der Waals surface area contributed by atoms with E-state index in [2.05, 4.69) is 22.9 Å². The van der Waals surface area contributed by atoms with Gasteiger partial charge in [0.1, 0.15) is 11.5 Å². The third kappa shape index (κ3) is 8.66. The fourth-order valence-electron chi connectivity index (χ4n) is 4.41. The number of para-hydroxylation sites is 1. The number of amides is 3. The second-order valence-electron chi connectivity index (χ2n) is 9.88. The molecule has 1 atom stereocenters. The lowest BCUT2D eigenvalue weighted by Gasteiger charge is -2.18. The van der Waals surface area contributed by atoms with Crippen LogP contribution in [0.4, 0.5) is 15.8 Å². The highest BCUT2D eigenvalue weighted by atomic mass is 32.2. The molecule has 6 nitrogen and oxygen atoms in total. The van der Waals surface area contributed by atoms with Crippen LogP contribution in [0, 0.1) is 12.7 Å². The third-order valence-electron chi connectivity index (χ3n) is 6.73. The first-order valence-electron chi connectivity index (χ1n) is 14.1. The van der Waals surface area contributed by atoms with Crippen LogP contribution < -0.4 is 16.0 Å². The minimum absolute atomic E-state index is 0.00529. The molecule has 0 fully saturated rings. The zero-order valence-corrected chi connectivity index (χ0v) is 25.1. The first kappa shape index (κ1) is 31.3. The van der Waals surface area contributed by atoms with Gasteiger partial charge < -0.3 is 16.0 Å². The lowest BCUT2D eigenvalue weighted by Crippen LogP contribution is -2.30. The Morgan fingerprint density at radius 3 is 2.28 bits per heavy atom. The maximum Gasteiger partial charge on any atom is 0.272 e. The Hall–Kier alpha value is -4.69. The van der Waals surface area contributed by atoms with Gasteiger partial charge in [0, 0.05) is 21.8 Å². The first-order valence-corrected chi connectivity index (χ1v) is 15.0. The molecule has 3 amide bonds. The van der Waals surface area contributed by atoms with Crippen molar-refractivity contribution < 1.29 is 18.8 Å². The maximum atomic E-state index is 13.5. The second kappa shape index (κ2) is 15.0. The molecule has 43 heavy (non-hydrogen) atoms. The highest BCUT2D eigenvalue weighted by Gasteiger charge is 2.21. The van der Waals surface area contributed by atoms with Crippen molar-refractivity contribution in [2.45, 2.75) is 43.8 Å². The normalized spacial score (nSPS) is 11.9. The van der Waals surface area contributed by atoms with E-state index >= 15 is 0 Å². The van der Waals surface area contributed by atoms with Gasteiger partial charge in [0.25, 0.3) is 11.8 Å². The van der Waals surface area contributed by atoms with E-state index in [0.717, 1.165) is 28.1 Å².